The molecule has 2 aromatic rings. The van der Waals surface area contributed by atoms with Gasteiger partial charge in [0.15, 0.2) is 0 Å². The van der Waals surface area contributed by atoms with Gasteiger partial charge < -0.3 is 10.8 Å². The number of pyridine rings is 1. The predicted molar refractivity (Wildman–Crippen MR) is 87.0 cm³/mol. The third-order valence-corrected chi connectivity index (χ3v) is 5.33. The van der Waals surface area contributed by atoms with E-state index in [-0.39, 0.29) is 30.0 Å². The molecule has 3 N–H and O–H groups in total. The molecule has 4 rings (SSSR count). The molecule has 0 bridgehead atoms. The molecular formula is C19H19FN2O2. The van der Waals surface area contributed by atoms with Gasteiger partial charge in [0.05, 0.1) is 11.8 Å². The molecule has 2 aliphatic rings. The van der Waals surface area contributed by atoms with E-state index >= 15 is 0 Å². The van der Waals surface area contributed by atoms with Crippen molar-refractivity contribution in [3.63, 3.8) is 0 Å². The van der Waals surface area contributed by atoms with Gasteiger partial charge in [-0.1, -0.05) is 30.3 Å². The lowest BCUT2D eigenvalue weighted by Gasteiger charge is -2.32. The highest BCUT2D eigenvalue weighted by Gasteiger charge is 2.46. The van der Waals surface area contributed by atoms with Gasteiger partial charge in [-0.2, -0.15) is 0 Å². The molecule has 1 amide bonds. The van der Waals surface area contributed by atoms with Crippen molar-refractivity contribution < 1.29 is 14.3 Å². The molecule has 5 heteroatoms. The number of aryl methyl sites for hydroxylation is 1. The fourth-order valence-electron chi connectivity index (χ4n) is 4.00. The Balaban J connectivity index is 1.79. The SMILES string of the molecule is NC(=O)C1(F)CCC(O)c2nc([C@@H]3CCc4ccccc43)ccc21. The maximum Gasteiger partial charge on any atom is 0.259 e. The van der Waals surface area contributed by atoms with Gasteiger partial charge in [0, 0.05) is 17.2 Å². The van der Waals surface area contributed by atoms with Crippen molar-refractivity contribution >= 4 is 5.91 Å². The topological polar surface area (TPSA) is 76.2 Å². The summed E-state index contributed by atoms with van der Waals surface area (Å²) in [6.07, 6.45) is 1.10. The zero-order valence-electron chi connectivity index (χ0n) is 13.2. The van der Waals surface area contributed by atoms with Gasteiger partial charge in [-0.3, -0.25) is 9.78 Å². The second-order valence-electron chi connectivity index (χ2n) is 6.68. The van der Waals surface area contributed by atoms with Crippen molar-refractivity contribution in [3.05, 3.63) is 64.5 Å². The third-order valence-electron chi connectivity index (χ3n) is 5.33. The summed E-state index contributed by atoms with van der Waals surface area (Å²) in [4.78, 5) is 16.1. The molecule has 2 unspecified atom stereocenters. The summed E-state index contributed by atoms with van der Waals surface area (Å²) in [6, 6.07) is 11.6. The van der Waals surface area contributed by atoms with E-state index in [1.165, 1.54) is 11.1 Å². The Labute approximate surface area is 139 Å². The van der Waals surface area contributed by atoms with Crippen LogP contribution in [0.5, 0.6) is 0 Å². The smallest absolute Gasteiger partial charge is 0.259 e. The summed E-state index contributed by atoms with van der Waals surface area (Å²) in [7, 11) is 0. The van der Waals surface area contributed by atoms with Crippen LogP contribution < -0.4 is 5.73 Å². The molecular weight excluding hydrogens is 307 g/mol. The van der Waals surface area contributed by atoms with Crippen LogP contribution in [0.25, 0.3) is 0 Å². The zero-order valence-corrected chi connectivity index (χ0v) is 13.2. The minimum absolute atomic E-state index is 0.107. The summed E-state index contributed by atoms with van der Waals surface area (Å²) in [6.45, 7) is 0. The fourth-order valence-corrected chi connectivity index (χ4v) is 4.00. The largest absolute Gasteiger partial charge is 0.387 e. The van der Waals surface area contributed by atoms with Crippen LogP contribution in [-0.2, 0) is 16.9 Å². The zero-order chi connectivity index (χ0) is 16.9. The molecule has 1 aromatic heterocycles. The van der Waals surface area contributed by atoms with Crippen LogP contribution in [0.4, 0.5) is 4.39 Å². The van der Waals surface area contributed by atoms with Crippen LogP contribution in [0, 0.1) is 0 Å². The van der Waals surface area contributed by atoms with Gasteiger partial charge in [-0.25, -0.2) is 4.39 Å². The molecule has 0 saturated carbocycles. The van der Waals surface area contributed by atoms with Gasteiger partial charge in [-0.05, 0) is 42.9 Å². The number of hydrogen-bond donors (Lipinski definition) is 2. The number of hydrogen-bond acceptors (Lipinski definition) is 3. The number of carbonyl (C=O) groups excluding carboxylic acids is 1. The molecule has 0 aliphatic heterocycles. The molecule has 24 heavy (non-hydrogen) atoms. The Hall–Kier alpha value is -2.27. The van der Waals surface area contributed by atoms with Crippen LogP contribution in [0.2, 0.25) is 0 Å². The number of amides is 1. The van der Waals surface area contributed by atoms with Crippen LogP contribution in [0.15, 0.2) is 36.4 Å². The number of fused-ring (bicyclic) bond motifs is 2. The third kappa shape index (κ3) is 2.15. The van der Waals surface area contributed by atoms with Crippen LogP contribution in [0.3, 0.4) is 0 Å². The van der Waals surface area contributed by atoms with E-state index in [4.69, 9.17) is 5.73 Å². The molecule has 1 aromatic carbocycles. The number of nitrogens with two attached hydrogens (primary N) is 1. The van der Waals surface area contributed by atoms with Crippen molar-refractivity contribution in [2.45, 2.75) is 43.4 Å². The minimum atomic E-state index is -2.24. The number of benzene rings is 1. The molecule has 124 valence electrons. The lowest BCUT2D eigenvalue weighted by Crippen LogP contribution is -2.41. The first-order chi connectivity index (χ1) is 11.5. The number of aliphatic hydroxyl groups is 1. The van der Waals surface area contributed by atoms with E-state index in [0.717, 1.165) is 18.5 Å². The Bertz CT molecular complexity index is 823. The Morgan fingerprint density at radius 3 is 2.83 bits per heavy atom. The minimum Gasteiger partial charge on any atom is -0.387 e. The highest BCUT2D eigenvalue weighted by molar-refractivity contribution is 5.85. The van der Waals surface area contributed by atoms with E-state index in [2.05, 4.69) is 17.1 Å². The quantitative estimate of drug-likeness (QED) is 0.891. The molecule has 0 radical (unpaired) electrons. The summed E-state index contributed by atoms with van der Waals surface area (Å²) in [5.74, 6) is -0.875. The van der Waals surface area contributed by atoms with Gasteiger partial charge in [0.25, 0.3) is 5.91 Å². The maximum atomic E-state index is 15.0. The monoisotopic (exact) mass is 326 g/mol. The maximum absolute atomic E-state index is 15.0. The second-order valence-corrected chi connectivity index (χ2v) is 6.68. The normalized spacial score (nSPS) is 28.2. The second kappa shape index (κ2) is 5.38. The molecule has 3 atom stereocenters. The number of primary amides is 1. The number of alkyl halides is 1. The van der Waals surface area contributed by atoms with Crippen LogP contribution >= 0.6 is 0 Å². The summed E-state index contributed by atoms with van der Waals surface area (Å²) < 4.78 is 15.0. The molecule has 0 fully saturated rings. The van der Waals surface area contributed by atoms with Gasteiger partial charge in [0.1, 0.15) is 0 Å². The number of halogens is 1. The van der Waals surface area contributed by atoms with Gasteiger partial charge >= 0.3 is 0 Å². The van der Waals surface area contributed by atoms with E-state index in [1.807, 2.05) is 12.1 Å². The highest BCUT2D eigenvalue weighted by atomic mass is 19.1. The molecule has 1 heterocycles. The first kappa shape index (κ1) is 15.3. The first-order valence-electron chi connectivity index (χ1n) is 8.26. The standard InChI is InChI=1S/C19H19FN2O2/c20-19(18(21)24)10-9-16(23)17-14(19)7-8-15(22-17)13-6-5-11-3-1-2-4-12(11)13/h1-4,7-8,13,16,23H,5-6,9-10H2,(H2,21,24)/t13-,16?,19?/m1/s1. The first-order valence-corrected chi connectivity index (χ1v) is 8.26. The molecule has 0 saturated heterocycles. The average molecular weight is 326 g/mol. The van der Waals surface area contributed by atoms with E-state index in [9.17, 15) is 14.3 Å². The molecule has 0 spiro atoms. The Morgan fingerprint density at radius 1 is 1.25 bits per heavy atom. The summed E-state index contributed by atoms with van der Waals surface area (Å²) in [5, 5.41) is 10.3. The van der Waals surface area contributed by atoms with Gasteiger partial charge in [-0.15, -0.1) is 0 Å². The van der Waals surface area contributed by atoms with Crippen molar-refractivity contribution in [2.24, 2.45) is 5.73 Å². The molecule has 4 nitrogen and oxygen atoms in total. The highest BCUT2D eigenvalue weighted by Crippen LogP contribution is 2.44. The van der Waals surface area contributed by atoms with Crippen molar-refractivity contribution in [1.29, 1.82) is 0 Å². The van der Waals surface area contributed by atoms with Gasteiger partial charge in [0.2, 0.25) is 5.67 Å². The number of aliphatic hydroxyl groups excluding tert-OH is 1. The summed E-state index contributed by atoms with van der Waals surface area (Å²) >= 11 is 0. The summed E-state index contributed by atoms with van der Waals surface area (Å²) in [5.41, 5.74) is 6.74. The lowest BCUT2D eigenvalue weighted by molar-refractivity contribution is -0.131. The number of nitrogens with zero attached hydrogens (tertiary/aromatic N) is 1. The number of rotatable bonds is 2. The fraction of sp³-hybridized carbons (Fsp3) is 0.368. The lowest BCUT2D eigenvalue weighted by atomic mass is 9.80. The van der Waals surface area contributed by atoms with E-state index in [0.29, 0.717) is 0 Å². The van der Waals surface area contributed by atoms with E-state index < -0.39 is 17.7 Å². The van der Waals surface area contributed by atoms with Crippen molar-refractivity contribution in [1.82, 2.24) is 4.98 Å². The average Bonchev–Trinajstić information content (AvgIpc) is 3.02. The van der Waals surface area contributed by atoms with Crippen molar-refractivity contribution in [3.8, 4) is 0 Å². The number of carbonyl (C=O) groups is 1. The Kier molecular flexibility index (Phi) is 3.42. The van der Waals surface area contributed by atoms with Crippen molar-refractivity contribution in [2.75, 3.05) is 0 Å². The predicted octanol–water partition coefficient (Wildman–Crippen LogP) is 2.64. The van der Waals surface area contributed by atoms with E-state index in [1.54, 1.807) is 12.1 Å². The Morgan fingerprint density at radius 2 is 2.04 bits per heavy atom. The number of aromatic nitrogens is 1. The van der Waals surface area contributed by atoms with Crippen LogP contribution in [0.1, 0.15) is 59.4 Å². The van der Waals surface area contributed by atoms with Crippen LogP contribution in [-0.4, -0.2) is 16.0 Å². The molecule has 2 aliphatic carbocycles.